The van der Waals surface area contributed by atoms with Gasteiger partial charge < -0.3 is 5.32 Å². The molecule has 0 aliphatic carbocycles. The lowest BCUT2D eigenvalue weighted by Crippen LogP contribution is -2.43. The highest BCUT2D eigenvalue weighted by molar-refractivity contribution is 4.80. The van der Waals surface area contributed by atoms with Crippen molar-refractivity contribution in [1.82, 2.24) is 5.32 Å². The molecule has 108 valence electrons. The second-order valence-electron chi connectivity index (χ2n) is 6.24. The van der Waals surface area contributed by atoms with Crippen LogP contribution in [0.15, 0.2) is 0 Å². The van der Waals surface area contributed by atoms with Gasteiger partial charge in [-0.15, -0.1) is 0 Å². The molecule has 1 atom stereocenters. The first-order chi connectivity index (χ1) is 8.86. The van der Waals surface area contributed by atoms with Crippen molar-refractivity contribution < 1.29 is 0 Å². The smallest absolute Gasteiger partial charge is 0.00817 e. The molecule has 0 bridgehead atoms. The minimum Gasteiger partial charge on any atom is -0.314 e. The molecular weight excluding hydrogens is 218 g/mol. The van der Waals surface area contributed by atoms with Crippen LogP contribution >= 0.6 is 0 Å². The van der Waals surface area contributed by atoms with Crippen LogP contribution in [0.5, 0.6) is 0 Å². The van der Waals surface area contributed by atoms with Gasteiger partial charge in [-0.2, -0.15) is 0 Å². The molecule has 1 saturated heterocycles. The van der Waals surface area contributed by atoms with Crippen LogP contribution in [0.1, 0.15) is 90.9 Å². The number of hydrogen-bond donors (Lipinski definition) is 1. The van der Waals surface area contributed by atoms with Gasteiger partial charge in [0.1, 0.15) is 0 Å². The Hall–Kier alpha value is -0.0400. The maximum absolute atomic E-state index is 3.58. The van der Waals surface area contributed by atoms with Crippen molar-refractivity contribution in [1.29, 1.82) is 0 Å². The molecule has 0 saturated carbocycles. The lowest BCUT2D eigenvalue weighted by Gasteiger charge is -2.31. The molecule has 1 fully saturated rings. The molecule has 1 aliphatic heterocycles. The van der Waals surface area contributed by atoms with Gasteiger partial charge in [0.2, 0.25) is 0 Å². The predicted octanol–water partition coefficient (Wildman–Crippen LogP) is 5.30. The molecule has 0 radical (unpaired) electrons. The molecule has 1 rings (SSSR count). The van der Waals surface area contributed by atoms with Gasteiger partial charge in [-0.1, -0.05) is 78.1 Å². The fourth-order valence-corrected chi connectivity index (χ4v) is 3.05. The molecule has 1 N–H and O–H groups in total. The number of hydrogen-bond acceptors (Lipinski definition) is 1. The SMILES string of the molecule is CCCCCCC(CCCCCC)C[C@@H]1CCN1. The van der Waals surface area contributed by atoms with Crippen molar-refractivity contribution in [3.8, 4) is 0 Å². The molecule has 0 spiro atoms. The molecule has 1 heteroatoms. The van der Waals surface area contributed by atoms with Gasteiger partial charge in [0, 0.05) is 6.04 Å². The summed E-state index contributed by atoms with van der Waals surface area (Å²) in [5.74, 6) is 1.01. The molecular formula is C17H35N. The number of unbranched alkanes of at least 4 members (excludes halogenated alkanes) is 6. The maximum atomic E-state index is 3.58. The number of nitrogens with one attached hydrogen (secondary N) is 1. The van der Waals surface area contributed by atoms with E-state index in [2.05, 4.69) is 19.2 Å². The Kier molecular flexibility index (Phi) is 9.65. The second-order valence-corrected chi connectivity index (χ2v) is 6.24. The van der Waals surface area contributed by atoms with Crippen LogP contribution in [-0.4, -0.2) is 12.6 Å². The highest BCUT2D eigenvalue weighted by atomic mass is 15.0. The maximum Gasteiger partial charge on any atom is 0.00817 e. The first-order valence-corrected chi connectivity index (χ1v) is 8.60. The molecule has 0 amide bonds. The summed E-state index contributed by atoms with van der Waals surface area (Å²) in [6.07, 6.45) is 17.3. The summed E-state index contributed by atoms with van der Waals surface area (Å²) < 4.78 is 0. The van der Waals surface area contributed by atoms with E-state index in [0.29, 0.717) is 0 Å². The highest BCUT2D eigenvalue weighted by Crippen LogP contribution is 2.25. The molecule has 0 aromatic heterocycles. The minimum absolute atomic E-state index is 0.868. The largest absolute Gasteiger partial charge is 0.314 e. The summed E-state index contributed by atoms with van der Waals surface area (Å²) in [7, 11) is 0. The summed E-state index contributed by atoms with van der Waals surface area (Å²) in [4.78, 5) is 0. The Morgan fingerprint density at radius 1 is 0.889 bits per heavy atom. The summed E-state index contributed by atoms with van der Waals surface area (Å²) >= 11 is 0. The fourth-order valence-electron chi connectivity index (χ4n) is 3.05. The van der Waals surface area contributed by atoms with Crippen LogP contribution in [0.25, 0.3) is 0 Å². The lowest BCUT2D eigenvalue weighted by molar-refractivity contribution is 0.270. The van der Waals surface area contributed by atoms with Crippen LogP contribution in [0.3, 0.4) is 0 Å². The van der Waals surface area contributed by atoms with Crippen molar-refractivity contribution in [2.45, 2.75) is 96.9 Å². The Labute approximate surface area is 115 Å². The van der Waals surface area contributed by atoms with Crippen LogP contribution in [-0.2, 0) is 0 Å². The third kappa shape index (κ3) is 7.41. The van der Waals surface area contributed by atoms with E-state index in [9.17, 15) is 0 Å². The normalized spacial score (nSPS) is 19.2. The van der Waals surface area contributed by atoms with Crippen molar-refractivity contribution in [2.24, 2.45) is 5.92 Å². The van der Waals surface area contributed by atoms with Gasteiger partial charge in [-0.05, 0) is 25.3 Å². The van der Waals surface area contributed by atoms with E-state index < -0.39 is 0 Å². The fraction of sp³-hybridized carbons (Fsp3) is 1.00. The zero-order valence-electron chi connectivity index (χ0n) is 12.8. The Morgan fingerprint density at radius 2 is 1.44 bits per heavy atom. The van der Waals surface area contributed by atoms with Gasteiger partial charge in [-0.3, -0.25) is 0 Å². The van der Waals surface area contributed by atoms with Crippen LogP contribution in [0.2, 0.25) is 0 Å². The Balaban J connectivity index is 2.09. The van der Waals surface area contributed by atoms with E-state index in [1.165, 1.54) is 83.6 Å². The van der Waals surface area contributed by atoms with Crippen LogP contribution in [0, 0.1) is 5.92 Å². The van der Waals surface area contributed by atoms with E-state index in [4.69, 9.17) is 0 Å². The summed E-state index contributed by atoms with van der Waals surface area (Å²) in [5, 5.41) is 3.58. The molecule has 0 unspecified atom stereocenters. The van der Waals surface area contributed by atoms with E-state index in [0.717, 1.165) is 12.0 Å². The first kappa shape index (κ1) is 16.0. The predicted molar refractivity (Wildman–Crippen MR) is 82.0 cm³/mol. The van der Waals surface area contributed by atoms with E-state index in [-0.39, 0.29) is 0 Å². The van der Waals surface area contributed by atoms with E-state index in [1.807, 2.05) is 0 Å². The van der Waals surface area contributed by atoms with Gasteiger partial charge in [-0.25, -0.2) is 0 Å². The Morgan fingerprint density at radius 3 is 1.83 bits per heavy atom. The van der Waals surface area contributed by atoms with Crippen LogP contribution < -0.4 is 5.32 Å². The lowest BCUT2D eigenvalue weighted by atomic mass is 9.86. The van der Waals surface area contributed by atoms with Gasteiger partial charge in [0.05, 0.1) is 0 Å². The third-order valence-corrected chi connectivity index (χ3v) is 4.48. The van der Waals surface area contributed by atoms with Crippen molar-refractivity contribution in [2.75, 3.05) is 6.54 Å². The molecule has 1 heterocycles. The summed E-state index contributed by atoms with van der Waals surface area (Å²) in [6.45, 7) is 5.88. The topological polar surface area (TPSA) is 12.0 Å². The van der Waals surface area contributed by atoms with E-state index >= 15 is 0 Å². The average molecular weight is 253 g/mol. The Bertz CT molecular complexity index is 162. The highest BCUT2D eigenvalue weighted by Gasteiger charge is 2.20. The van der Waals surface area contributed by atoms with Crippen molar-refractivity contribution in [3.63, 3.8) is 0 Å². The standard InChI is InChI=1S/C17H35N/c1-3-5-7-9-11-16(12-10-8-6-4-2)15-17-13-14-18-17/h16-18H,3-15H2,1-2H3/t17-/m0/s1. The zero-order chi connectivity index (χ0) is 13.1. The number of rotatable bonds is 12. The van der Waals surface area contributed by atoms with Gasteiger partial charge in [0.25, 0.3) is 0 Å². The second kappa shape index (κ2) is 10.8. The molecule has 1 aliphatic rings. The molecule has 0 aromatic rings. The third-order valence-electron chi connectivity index (χ3n) is 4.48. The van der Waals surface area contributed by atoms with Crippen LogP contribution in [0.4, 0.5) is 0 Å². The molecule has 1 nitrogen and oxygen atoms in total. The summed E-state index contributed by atoms with van der Waals surface area (Å²) in [6, 6.07) is 0.868. The monoisotopic (exact) mass is 253 g/mol. The first-order valence-electron chi connectivity index (χ1n) is 8.60. The molecule has 18 heavy (non-hydrogen) atoms. The quantitative estimate of drug-likeness (QED) is 0.466. The van der Waals surface area contributed by atoms with Crippen molar-refractivity contribution >= 4 is 0 Å². The molecule has 0 aromatic carbocycles. The minimum atomic E-state index is 0.868. The van der Waals surface area contributed by atoms with Gasteiger partial charge in [0.15, 0.2) is 0 Å². The zero-order valence-corrected chi connectivity index (χ0v) is 12.8. The van der Waals surface area contributed by atoms with Gasteiger partial charge >= 0.3 is 0 Å². The van der Waals surface area contributed by atoms with Crippen molar-refractivity contribution in [3.05, 3.63) is 0 Å². The van der Waals surface area contributed by atoms with E-state index in [1.54, 1.807) is 0 Å². The summed E-state index contributed by atoms with van der Waals surface area (Å²) in [5.41, 5.74) is 0. The average Bonchev–Trinajstić information content (AvgIpc) is 2.33.